The summed E-state index contributed by atoms with van der Waals surface area (Å²) < 4.78 is 4.81. The number of benzene rings is 1. The summed E-state index contributed by atoms with van der Waals surface area (Å²) in [6.45, 7) is 6.34. The number of aryl methyl sites for hydroxylation is 1. The molecule has 1 aromatic rings. The zero-order chi connectivity index (χ0) is 14.3. The van der Waals surface area contributed by atoms with Crippen LogP contribution < -0.4 is 0 Å². The molecule has 0 aliphatic rings. The van der Waals surface area contributed by atoms with Crippen LogP contribution >= 0.6 is 0 Å². The first-order chi connectivity index (χ1) is 9.16. The van der Waals surface area contributed by atoms with Crippen LogP contribution in [-0.2, 0) is 9.53 Å². The quantitative estimate of drug-likeness (QED) is 0.517. The van der Waals surface area contributed by atoms with Crippen molar-refractivity contribution in [2.24, 2.45) is 0 Å². The fourth-order valence-electron chi connectivity index (χ4n) is 1.63. The number of ether oxygens (including phenoxy) is 1. The Kier molecular flexibility index (Phi) is 12.2. The topological polar surface area (TPSA) is 26.3 Å². The summed E-state index contributed by atoms with van der Waals surface area (Å²) in [4.78, 5) is 10.4. The van der Waals surface area contributed by atoms with Crippen molar-refractivity contribution in [1.82, 2.24) is 0 Å². The Morgan fingerprint density at radius 1 is 1.00 bits per heavy atom. The predicted octanol–water partition coefficient (Wildman–Crippen LogP) is 4.91. The van der Waals surface area contributed by atoms with E-state index in [1.54, 1.807) is 0 Å². The van der Waals surface area contributed by atoms with Gasteiger partial charge in [-0.15, -0.1) is 0 Å². The summed E-state index contributed by atoms with van der Waals surface area (Å²) in [5.74, 6) is -0.163. The van der Waals surface area contributed by atoms with E-state index in [9.17, 15) is 4.79 Å². The lowest BCUT2D eigenvalue weighted by molar-refractivity contribution is -0.141. The highest BCUT2D eigenvalue weighted by atomic mass is 16.5. The summed E-state index contributed by atoms with van der Waals surface area (Å²) in [6.07, 6.45) is 7.40. The second kappa shape index (κ2) is 13.1. The predicted molar refractivity (Wildman–Crippen MR) is 81.2 cm³/mol. The number of hydrogen-bond acceptors (Lipinski definition) is 2. The van der Waals surface area contributed by atoms with Crippen molar-refractivity contribution in [3.63, 3.8) is 0 Å². The van der Waals surface area contributed by atoms with Crippen LogP contribution in [0.4, 0.5) is 0 Å². The molecule has 0 aliphatic carbocycles. The number of carbonyl (C=O) groups is 1. The molecule has 0 saturated carbocycles. The molecule has 0 N–H and O–H groups in total. The SMILES string of the molecule is CCCCCCCCOC(C)=O.Cc1ccccc1. The molecule has 0 atom stereocenters. The van der Waals surface area contributed by atoms with Crippen molar-refractivity contribution >= 4 is 5.97 Å². The summed E-state index contributed by atoms with van der Waals surface area (Å²) >= 11 is 0. The number of esters is 1. The molecule has 0 saturated heterocycles. The lowest BCUT2D eigenvalue weighted by Crippen LogP contribution is -1.99. The lowest BCUT2D eigenvalue weighted by atomic mass is 10.1. The van der Waals surface area contributed by atoms with Crippen LogP contribution in [0.1, 0.15) is 57.9 Å². The Morgan fingerprint density at radius 2 is 1.58 bits per heavy atom. The molecule has 1 rings (SSSR count). The summed E-state index contributed by atoms with van der Waals surface area (Å²) in [7, 11) is 0. The van der Waals surface area contributed by atoms with Gasteiger partial charge in [0, 0.05) is 6.92 Å². The standard InChI is InChI=1S/C10H20O2.C7H8/c1-3-4-5-6-7-8-9-12-10(2)11;1-7-5-3-2-4-6-7/h3-9H2,1-2H3;2-6H,1H3. The van der Waals surface area contributed by atoms with E-state index in [2.05, 4.69) is 26.0 Å². The van der Waals surface area contributed by atoms with E-state index >= 15 is 0 Å². The zero-order valence-corrected chi connectivity index (χ0v) is 12.7. The minimum absolute atomic E-state index is 0.163. The van der Waals surface area contributed by atoms with Gasteiger partial charge in [-0.1, -0.05) is 74.9 Å². The molecule has 0 radical (unpaired) electrons. The third kappa shape index (κ3) is 14.6. The molecule has 1 aromatic carbocycles. The van der Waals surface area contributed by atoms with E-state index in [0.29, 0.717) is 6.61 Å². The minimum Gasteiger partial charge on any atom is -0.466 e. The van der Waals surface area contributed by atoms with Crippen molar-refractivity contribution in [1.29, 1.82) is 0 Å². The largest absolute Gasteiger partial charge is 0.466 e. The highest BCUT2D eigenvalue weighted by molar-refractivity contribution is 5.65. The second-order valence-electron chi connectivity index (χ2n) is 4.76. The van der Waals surface area contributed by atoms with Crippen molar-refractivity contribution in [3.05, 3.63) is 35.9 Å². The first-order valence-electron chi connectivity index (χ1n) is 7.31. The first-order valence-corrected chi connectivity index (χ1v) is 7.31. The van der Waals surface area contributed by atoms with Gasteiger partial charge in [-0.3, -0.25) is 4.79 Å². The van der Waals surface area contributed by atoms with Crippen molar-refractivity contribution in [2.45, 2.75) is 59.3 Å². The van der Waals surface area contributed by atoms with Gasteiger partial charge in [0.25, 0.3) is 0 Å². The second-order valence-corrected chi connectivity index (χ2v) is 4.76. The Labute approximate surface area is 118 Å². The molecule has 0 aromatic heterocycles. The fourth-order valence-corrected chi connectivity index (χ4v) is 1.63. The average Bonchev–Trinajstić information content (AvgIpc) is 2.39. The fraction of sp³-hybridized carbons (Fsp3) is 0.588. The van der Waals surface area contributed by atoms with Crippen molar-refractivity contribution in [2.75, 3.05) is 6.61 Å². The number of rotatable bonds is 7. The van der Waals surface area contributed by atoms with E-state index in [4.69, 9.17) is 4.74 Å². The normalized spacial score (nSPS) is 9.42. The third-order valence-corrected chi connectivity index (χ3v) is 2.74. The van der Waals surface area contributed by atoms with Crippen LogP contribution in [0.25, 0.3) is 0 Å². The van der Waals surface area contributed by atoms with Gasteiger partial charge in [-0.25, -0.2) is 0 Å². The van der Waals surface area contributed by atoms with Crippen LogP contribution in [-0.4, -0.2) is 12.6 Å². The monoisotopic (exact) mass is 264 g/mol. The van der Waals surface area contributed by atoms with Crippen LogP contribution in [0.5, 0.6) is 0 Å². The van der Waals surface area contributed by atoms with Crippen LogP contribution in [0.2, 0.25) is 0 Å². The Balaban J connectivity index is 0.000000388. The molecule has 2 heteroatoms. The highest BCUT2D eigenvalue weighted by Gasteiger charge is 1.92. The molecule has 0 spiro atoms. The maximum atomic E-state index is 10.4. The summed E-state index contributed by atoms with van der Waals surface area (Å²) in [5.41, 5.74) is 1.32. The molecule has 0 fully saturated rings. The van der Waals surface area contributed by atoms with Gasteiger partial charge >= 0.3 is 5.97 Å². The van der Waals surface area contributed by atoms with E-state index in [-0.39, 0.29) is 5.97 Å². The Bertz CT molecular complexity index is 306. The maximum Gasteiger partial charge on any atom is 0.302 e. The Morgan fingerprint density at radius 3 is 2.05 bits per heavy atom. The molecule has 2 nitrogen and oxygen atoms in total. The maximum absolute atomic E-state index is 10.4. The molecule has 19 heavy (non-hydrogen) atoms. The van der Waals surface area contributed by atoms with Crippen LogP contribution in [0.3, 0.4) is 0 Å². The Hall–Kier alpha value is -1.31. The van der Waals surface area contributed by atoms with E-state index < -0.39 is 0 Å². The number of carbonyl (C=O) groups excluding carboxylic acids is 1. The van der Waals surface area contributed by atoms with E-state index in [1.165, 1.54) is 44.6 Å². The molecule has 0 bridgehead atoms. The smallest absolute Gasteiger partial charge is 0.302 e. The van der Waals surface area contributed by atoms with Crippen LogP contribution in [0.15, 0.2) is 30.3 Å². The van der Waals surface area contributed by atoms with Gasteiger partial charge in [-0.2, -0.15) is 0 Å². The van der Waals surface area contributed by atoms with Crippen molar-refractivity contribution < 1.29 is 9.53 Å². The molecule has 0 aliphatic heterocycles. The molecular formula is C17H28O2. The van der Waals surface area contributed by atoms with Crippen LogP contribution in [0, 0.1) is 6.92 Å². The lowest BCUT2D eigenvalue weighted by Gasteiger charge is -2.01. The van der Waals surface area contributed by atoms with E-state index in [0.717, 1.165) is 6.42 Å². The van der Waals surface area contributed by atoms with Gasteiger partial charge in [-0.05, 0) is 13.3 Å². The van der Waals surface area contributed by atoms with Gasteiger partial charge < -0.3 is 4.74 Å². The minimum atomic E-state index is -0.163. The van der Waals surface area contributed by atoms with Crippen molar-refractivity contribution in [3.8, 4) is 0 Å². The summed E-state index contributed by atoms with van der Waals surface area (Å²) in [6, 6.07) is 10.3. The van der Waals surface area contributed by atoms with Gasteiger partial charge in [0.2, 0.25) is 0 Å². The molecule has 0 unspecified atom stereocenters. The molecule has 0 heterocycles. The average molecular weight is 264 g/mol. The number of unbranched alkanes of at least 4 members (excludes halogenated alkanes) is 5. The first kappa shape index (κ1) is 17.7. The molecule has 0 amide bonds. The summed E-state index contributed by atoms with van der Waals surface area (Å²) in [5, 5.41) is 0. The van der Waals surface area contributed by atoms with Gasteiger partial charge in [0.1, 0.15) is 0 Å². The highest BCUT2D eigenvalue weighted by Crippen LogP contribution is 2.04. The zero-order valence-electron chi connectivity index (χ0n) is 12.7. The van der Waals surface area contributed by atoms with Gasteiger partial charge in [0.05, 0.1) is 6.61 Å². The van der Waals surface area contributed by atoms with E-state index in [1.807, 2.05) is 18.2 Å². The molecule has 108 valence electrons. The van der Waals surface area contributed by atoms with Gasteiger partial charge in [0.15, 0.2) is 0 Å². The molecular weight excluding hydrogens is 236 g/mol. The number of hydrogen-bond donors (Lipinski definition) is 0. The third-order valence-electron chi connectivity index (χ3n) is 2.74.